The molecule has 37 heavy (non-hydrogen) atoms. The number of para-hydroxylation sites is 1. The first-order chi connectivity index (χ1) is 18.1. The van der Waals surface area contributed by atoms with E-state index in [1.165, 1.54) is 0 Å². The molecule has 0 aliphatic heterocycles. The van der Waals surface area contributed by atoms with Gasteiger partial charge in [-0.3, -0.25) is 9.59 Å². The average Bonchev–Trinajstić information content (AvgIpc) is 3.59. The number of carbonyl (C=O) groups excluding carboxylic acids is 2. The maximum absolute atomic E-state index is 14.0. The third-order valence-corrected chi connectivity index (χ3v) is 6.91. The standard InChI is InChI=1S/C29H31N5O3/c1-37-24-17-15-21(16-18-24)19-33(27(35)20-34-26-14-8-7-13-25(26)31-32-34)28(22-9-3-2-4-10-22)29(36)30-23-11-5-6-12-23/h2-4,7-10,13-18,23,28H,5-6,11-12,19-20H2,1H3,(H,30,36)/t28-/m0/s1. The van der Waals surface area contributed by atoms with E-state index >= 15 is 0 Å². The average molecular weight is 498 g/mol. The third kappa shape index (κ3) is 5.63. The highest BCUT2D eigenvalue weighted by Gasteiger charge is 2.33. The van der Waals surface area contributed by atoms with Crippen LogP contribution in [0.2, 0.25) is 0 Å². The Morgan fingerprint density at radius 1 is 1.00 bits per heavy atom. The highest BCUT2D eigenvalue weighted by atomic mass is 16.5. The molecule has 1 saturated carbocycles. The van der Waals surface area contributed by atoms with Gasteiger partial charge in [-0.1, -0.05) is 72.7 Å². The van der Waals surface area contributed by atoms with Crippen molar-refractivity contribution in [3.05, 3.63) is 90.0 Å². The van der Waals surface area contributed by atoms with Crippen LogP contribution < -0.4 is 10.1 Å². The lowest BCUT2D eigenvalue weighted by atomic mass is 10.0. The zero-order chi connectivity index (χ0) is 25.6. The summed E-state index contributed by atoms with van der Waals surface area (Å²) in [5.74, 6) is 0.347. The first-order valence-corrected chi connectivity index (χ1v) is 12.7. The van der Waals surface area contributed by atoms with Crippen LogP contribution in [-0.2, 0) is 22.7 Å². The maximum Gasteiger partial charge on any atom is 0.247 e. The second kappa shape index (κ2) is 11.2. The summed E-state index contributed by atoms with van der Waals surface area (Å²) >= 11 is 0. The summed E-state index contributed by atoms with van der Waals surface area (Å²) in [6, 6.07) is 23.9. The van der Waals surface area contributed by atoms with Crippen LogP contribution in [-0.4, -0.2) is 44.9 Å². The van der Waals surface area contributed by atoms with Crippen LogP contribution in [0, 0.1) is 0 Å². The van der Waals surface area contributed by atoms with Gasteiger partial charge in [-0.25, -0.2) is 4.68 Å². The molecule has 190 valence electrons. The molecule has 8 heteroatoms. The molecule has 0 radical (unpaired) electrons. The molecule has 1 atom stereocenters. The smallest absolute Gasteiger partial charge is 0.247 e. The van der Waals surface area contributed by atoms with Crippen molar-refractivity contribution in [2.24, 2.45) is 0 Å². The number of hydrogen-bond acceptors (Lipinski definition) is 5. The van der Waals surface area contributed by atoms with Crippen molar-refractivity contribution >= 4 is 22.8 Å². The molecule has 1 aromatic heterocycles. The summed E-state index contributed by atoms with van der Waals surface area (Å²) in [5, 5.41) is 11.6. The Hall–Kier alpha value is -4.20. The molecule has 0 unspecified atom stereocenters. The second-order valence-corrected chi connectivity index (χ2v) is 9.41. The van der Waals surface area contributed by atoms with E-state index < -0.39 is 6.04 Å². The number of carbonyl (C=O) groups is 2. The summed E-state index contributed by atoms with van der Waals surface area (Å²) in [4.78, 5) is 29.4. The zero-order valence-electron chi connectivity index (χ0n) is 20.9. The second-order valence-electron chi connectivity index (χ2n) is 9.41. The topological polar surface area (TPSA) is 89.3 Å². The number of methoxy groups -OCH3 is 1. The van der Waals surface area contributed by atoms with Crippen LogP contribution in [0.25, 0.3) is 11.0 Å². The van der Waals surface area contributed by atoms with Crippen molar-refractivity contribution in [3.63, 3.8) is 0 Å². The van der Waals surface area contributed by atoms with Gasteiger partial charge >= 0.3 is 0 Å². The van der Waals surface area contributed by atoms with Crippen molar-refractivity contribution in [2.45, 2.75) is 50.9 Å². The predicted molar refractivity (Wildman–Crippen MR) is 141 cm³/mol. The van der Waals surface area contributed by atoms with E-state index in [1.54, 1.807) is 16.7 Å². The van der Waals surface area contributed by atoms with Gasteiger partial charge in [0.05, 0.1) is 12.6 Å². The lowest BCUT2D eigenvalue weighted by Crippen LogP contribution is -2.46. The number of fused-ring (bicyclic) bond motifs is 1. The Kier molecular flexibility index (Phi) is 7.44. The van der Waals surface area contributed by atoms with E-state index in [9.17, 15) is 9.59 Å². The van der Waals surface area contributed by atoms with E-state index in [2.05, 4.69) is 15.6 Å². The molecule has 0 spiro atoms. The Bertz CT molecular complexity index is 1350. The van der Waals surface area contributed by atoms with Crippen LogP contribution in [0.1, 0.15) is 42.9 Å². The molecule has 1 fully saturated rings. The highest BCUT2D eigenvalue weighted by Crippen LogP contribution is 2.27. The highest BCUT2D eigenvalue weighted by molar-refractivity contribution is 5.89. The molecule has 1 aliphatic rings. The van der Waals surface area contributed by atoms with E-state index in [0.717, 1.165) is 53.6 Å². The van der Waals surface area contributed by atoms with Gasteiger partial charge in [0.1, 0.15) is 23.9 Å². The first-order valence-electron chi connectivity index (χ1n) is 12.7. The Morgan fingerprint density at radius 3 is 2.43 bits per heavy atom. The maximum atomic E-state index is 14.0. The molecule has 2 amide bonds. The number of ether oxygens (including phenoxy) is 1. The van der Waals surface area contributed by atoms with Crippen molar-refractivity contribution < 1.29 is 14.3 Å². The summed E-state index contributed by atoms with van der Waals surface area (Å²) in [6.07, 6.45) is 4.14. The molecule has 1 aliphatic carbocycles. The summed E-state index contributed by atoms with van der Waals surface area (Å²) in [7, 11) is 1.62. The summed E-state index contributed by atoms with van der Waals surface area (Å²) in [6.45, 7) is 0.226. The summed E-state index contributed by atoms with van der Waals surface area (Å²) < 4.78 is 6.89. The van der Waals surface area contributed by atoms with Crippen molar-refractivity contribution in [3.8, 4) is 5.75 Å². The van der Waals surface area contributed by atoms with Crippen LogP contribution in [0.3, 0.4) is 0 Å². The number of hydrogen-bond donors (Lipinski definition) is 1. The van der Waals surface area contributed by atoms with Gasteiger partial charge in [-0.15, -0.1) is 5.10 Å². The molecular formula is C29H31N5O3. The summed E-state index contributed by atoms with van der Waals surface area (Å²) in [5.41, 5.74) is 3.15. The fraction of sp³-hybridized carbons (Fsp3) is 0.310. The van der Waals surface area contributed by atoms with Gasteiger partial charge in [-0.2, -0.15) is 0 Å². The molecular weight excluding hydrogens is 466 g/mol. The van der Waals surface area contributed by atoms with Crippen LogP contribution >= 0.6 is 0 Å². The van der Waals surface area contributed by atoms with Crippen molar-refractivity contribution in [1.82, 2.24) is 25.2 Å². The van der Waals surface area contributed by atoms with Gasteiger partial charge in [0, 0.05) is 12.6 Å². The number of nitrogens with zero attached hydrogens (tertiary/aromatic N) is 4. The van der Waals surface area contributed by atoms with Gasteiger partial charge in [0.25, 0.3) is 0 Å². The Morgan fingerprint density at radius 2 is 1.70 bits per heavy atom. The number of nitrogens with one attached hydrogen (secondary N) is 1. The number of benzene rings is 3. The van der Waals surface area contributed by atoms with Crippen molar-refractivity contribution in [2.75, 3.05) is 7.11 Å². The first kappa shape index (κ1) is 24.5. The molecule has 1 heterocycles. The zero-order valence-corrected chi connectivity index (χ0v) is 20.9. The van der Waals surface area contributed by atoms with E-state index in [4.69, 9.17) is 4.74 Å². The molecule has 1 N–H and O–H groups in total. The lowest BCUT2D eigenvalue weighted by Gasteiger charge is -2.32. The van der Waals surface area contributed by atoms with E-state index in [-0.39, 0.29) is 30.9 Å². The van der Waals surface area contributed by atoms with Crippen LogP contribution in [0.5, 0.6) is 5.75 Å². The largest absolute Gasteiger partial charge is 0.497 e. The Balaban J connectivity index is 1.50. The number of amides is 2. The molecule has 5 rings (SSSR count). The van der Waals surface area contributed by atoms with Crippen LogP contribution in [0.15, 0.2) is 78.9 Å². The van der Waals surface area contributed by atoms with E-state index in [0.29, 0.717) is 0 Å². The van der Waals surface area contributed by atoms with Gasteiger partial charge in [0.2, 0.25) is 11.8 Å². The van der Waals surface area contributed by atoms with Crippen LogP contribution in [0.4, 0.5) is 0 Å². The predicted octanol–water partition coefficient (Wildman–Crippen LogP) is 4.27. The molecule has 8 nitrogen and oxygen atoms in total. The van der Waals surface area contributed by atoms with Gasteiger partial charge < -0.3 is 15.0 Å². The minimum Gasteiger partial charge on any atom is -0.497 e. The minimum absolute atomic E-state index is 0.0310. The third-order valence-electron chi connectivity index (χ3n) is 6.91. The molecule has 4 aromatic rings. The number of aromatic nitrogens is 3. The normalized spacial score (nSPS) is 14.4. The Labute approximate surface area is 216 Å². The van der Waals surface area contributed by atoms with E-state index in [1.807, 2.05) is 78.9 Å². The quantitative estimate of drug-likeness (QED) is 0.373. The molecule has 0 bridgehead atoms. The molecule has 3 aromatic carbocycles. The monoisotopic (exact) mass is 497 g/mol. The fourth-order valence-corrected chi connectivity index (χ4v) is 4.96. The van der Waals surface area contributed by atoms with Gasteiger partial charge in [0.15, 0.2) is 0 Å². The van der Waals surface area contributed by atoms with Crippen molar-refractivity contribution in [1.29, 1.82) is 0 Å². The SMILES string of the molecule is COc1ccc(CN(C(=O)Cn2nnc3ccccc32)[C@H](C(=O)NC2CCCC2)c2ccccc2)cc1. The fourth-order valence-electron chi connectivity index (χ4n) is 4.96. The lowest BCUT2D eigenvalue weighted by molar-refractivity contribution is -0.142. The molecule has 0 saturated heterocycles. The number of rotatable bonds is 9. The van der Waals surface area contributed by atoms with Gasteiger partial charge in [-0.05, 0) is 48.2 Å². The minimum atomic E-state index is -0.786.